The molecular formula is C7H8S. The van der Waals surface area contributed by atoms with Gasteiger partial charge in [0.15, 0.2) is 0 Å². The van der Waals surface area contributed by atoms with Crippen LogP contribution in [0.5, 0.6) is 0 Å². The third-order valence-electron chi connectivity index (χ3n) is 0.936. The Bertz CT molecular complexity index is 181. The summed E-state index contributed by atoms with van der Waals surface area (Å²) in [5.74, 6) is 0. The lowest BCUT2D eigenvalue weighted by Crippen LogP contribution is -1.67. The maximum atomic E-state index is 6.99. The van der Waals surface area contributed by atoms with Crippen LogP contribution in [-0.4, -0.2) is 0 Å². The van der Waals surface area contributed by atoms with Gasteiger partial charge in [-0.05, 0) is 19.0 Å². The van der Waals surface area contributed by atoms with Gasteiger partial charge in [-0.25, -0.2) is 0 Å². The Morgan fingerprint density at radius 2 is 2.00 bits per heavy atom. The number of aryl methyl sites for hydroxylation is 1. The Hall–Kier alpha value is -0.430. The number of benzene rings is 1. The van der Waals surface area contributed by atoms with Gasteiger partial charge in [-0.3, -0.25) is 0 Å². The van der Waals surface area contributed by atoms with Crippen molar-refractivity contribution >= 4 is 12.6 Å². The van der Waals surface area contributed by atoms with E-state index in [1.807, 2.05) is 24.3 Å². The molecule has 0 nitrogen and oxygen atoms in total. The predicted octanol–water partition coefficient (Wildman–Crippen LogP) is 2.28. The van der Waals surface area contributed by atoms with Crippen molar-refractivity contribution in [2.24, 2.45) is 0 Å². The van der Waals surface area contributed by atoms with Gasteiger partial charge in [0.2, 0.25) is 0 Å². The Kier molecular flexibility index (Phi) is 1.24. The minimum Gasteiger partial charge on any atom is -0.143 e. The molecule has 0 aliphatic carbocycles. The second-order valence-electron chi connectivity index (χ2n) is 1.67. The highest BCUT2D eigenvalue weighted by Gasteiger charge is 1.80. The summed E-state index contributed by atoms with van der Waals surface area (Å²) in [6, 6.07) is 7.62. The van der Waals surface area contributed by atoms with Crippen molar-refractivity contribution in [2.75, 3.05) is 0 Å². The predicted molar refractivity (Wildman–Crippen MR) is 38.4 cm³/mol. The third kappa shape index (κ3) is 1.27. The van der Waals surface area contributed by atoms with E-state index in [9.17, 15) is 0 Å². The molecule has 0 unspecified atom stereocenters. The van der Waals surface area contributed by atoms with E-state index in [0.29, 0.717) is 6.90 Å². The van der Waals surface area contributed by atoms with Crippen LogP contribution in [-0.2, 0) is 0 Å². The topological polar surface area (TPSA) is 0 Å². The van der Waals surface area contributed by atoms with Crippen LogP contribution in [0.4, 0.5) is 0 Å². The maximum Gasteiger partial charge on any atom is 0.0280 e. The van der Waals surface area contributed by atoms with Crippen LogP contribution in [0, 0.1) is 6.90 Å². The Balaban J connectivity index is 2.88. The van der Waals surface area contributed by atoms with E-state index >= 15 is 0 Å². The Morgan fingerprint density at radius 1 is 1.38 bits per heavy atom. The summed E-state index contributed by atoms with van der Waals surface area (Å²) in [5.41, 5.74) is 1.04. The number of hydrogen-bond donors (Lipinski definition) is 1. The molecule has 0 radical (unpaired) electrons. The molecule has 0 aliphatic heterocycles. The normalized spacial score (nSPS) is 10.9. The van der Waals surface area contributed by atoms with Gasteiger partial charge < -0.3 is 0 Å². The molecule has 0 saturated heterocycles. The average molecular weight is 125 g/mol. The summed E-state index contributed by atoms with van der Waals surface area (Å²) in [5, 5.41) is 0. The monoisotopic (exact) mass is 125 g/mol. The second kappa shape index (κ2) is 2.23. The zero-order valence-electron chi connectivity index (χ0n) is 5.46. The standard InChI is InChI=1S/C7H8S/c1-6-2-4-7(8)5-3-6/h2-5,8H,1H3/i1D. The molecule has 0 aromatic heterocycles. The van der Waals surface area contributed by atoms with Gasteiger partial charge in [-0.15, -0.1) is 12.6 Å². The quantitative estimate of drug-likeness (QED) is 0.505. The van der Waals surface area contributed by atoms with E-state index in [1.54, 1.807) is 0 Å². The smallest absolute Gasteiger partial charge is 0.0280 e. The van der Waals surface area contributed by atoms with Crippen molar-refractivity contribution in [1.82, 2.24) is 0 Å². The van der Waals surface area contributed by atoms with Gasteiger partial charge in [0.05, 0.1) is 0 Å². The van der Waals surface area contributed by atoms with Crippen LogP contribution in [0.2, 0.25) is 0 Å². The number of rotatable bonds is 0. The molecule has 1 aromatic rings. The Morgan fingerprint density at radius 3 is 2.50 bits per heavy atom. The first-order valence-electron chi connectivity index (χ1n) is 3.11. The van der Waals surface area contributed by atoms with Crippen LogP contribution >= 0.6 is 12.6 Å². The zero-order valence-corrected chi connectivity index (χ0v) is 5.36. The molecule has 0 aliphatic rings. The van der Waals surface area contributed by atoms with Crippen molar-refractivity contribution < 1.29 is 1.37 Å². The molecule has 1 aromatic carbocycles. The lowest BCUT2D eigenvalue weighted by atomic mass is 10.2. The van der Waals surface area contributed by atoms with Crippen molar-refractivity contribution in [2.45, 2.75) is 11.8 Å². The molecule has 1 rings (SSSR count). The van der Waals surface area contributed by atoms with E-state index in [4.69, 9.17) is 1.37 Å². The van der Waals surface area contributed by atoms with Gasteiger partial charge in [-0.1, -0.05) is 17.7 Å². The van der Waals surface area contributed by atoms with Gasteiger partial charge in [-0.2, -0.15) is 0 Å². The number of hydrogen-bond acceptors (Lipinski definition) is 1. The van der Waals surface area contributed by atoms with Crippen molar-refractivity contribution in [3.63, 3.8) is 0 Å². The molecule has 1 heteroatoms. The summed E-state index contributed by atoms with van der Waals surface area (Å²) < 4.78 is 6.99. The molecule has 0 bridgehead atoms. The van der Waals surface area contributed by atoms with Crippen molar-refractivity contribution in [3.8, 4) is 0 Å². The van der Waals surface area contributed by atoms with E-state index in [-0.39, 0.29) is 0 Å². The van der Waals surface area contributed by atoms with Crippen LogP contribution in [0.15, 0.2) is 29.2 Å². The van der Waals surface area contributed by atoms with Gasteiger partial charge in [0, 0.05) is 6.27 Å². The molecule has 0 spiro atoms. The summed E-state index contributed by atoms with van der Waals surface area (Å²) >= 11 is 4.11. The third-order valence-corrected chi connectivity index (χ3v) is 1.23. The van der Waals surface area contributed by atoms with Crippen LogP contribution in [0.1, 0.15) is 6.93 Å². The second-order valence-corrected chi connectivity index (χ2v) is 2.18. The molecule has 0 N–H and O–H groups in total. The first-order chi connectivity index (χ1) is 4.33. The minimum absolute atomic E-state index is 0.355. The lowest BCUT2D eigenvalue weighted by Gasteiger charge is -1.89. The van der Waals surface area contributed by atoms with E-state index in [0.717, 1.165) is 10.5 Å². The summed E-state index contributed by atoms with van der Waals surface area (Å²) in [7, 11) is 0. The summed E-state index contributed by atoms with van der Waals surface area (Å²) in [6.45, 7) is 0.355. The van der Waals surface area contributed by atoms with E-state index in [1.165, 1.54) is 0 Å². The van der Waals surface area contributed by atoms with Crippen molar-refractivity contribution in [1.29, 1.82) is 0 Å². The minimum atomic E-state index is 0.355. The van der Waals surface area contributed by atoms with Gasteiger partial charge in [0.25, 0.3) is 0 Å². The number of thiol groups is 1. The highest BCUT2D eigenvalue weighted by molar-refractivity contribution is 7.80. The molecule has 8 heavy (non-hydrogen) atoms. The molecule has 0 atom stereocenters. The first-order valence-corrected chi connectivity index (χ1v) is 2.85. The fourth-order valence-corrected chi connectivity index (χ4v) is 0.645. The van der Waals surface area contributed by atoms with Gasteiger partial charge >= 0.3 is 0 Å². The summed E-state index contributed by atoms with van der Waals surface area (Å²) in [4.78, 5) is 0.951. The van der Waals surface area contributed by atoms with Crippen LogP contribution in [0.25, 0.3) is 0 Å². The molecule has 42 valence electrons. The SMILES string of the molecule is [2H]Cc1ccc(S)cc1. The average Bonchev–Trinajstić information content (AvgIpc) is 1.90. The van der Waals surface area contributed by atoms with Crippen molar-refractivity contribution in [3.05, 3.63) is 29.8 Å². The molecule has 0 amide bonds. The largest absolute Gasteiger partial charge is 0.143 e. The van der Waals surface area contributed by atoms with Gasteiger partial charge in [0.1, 0.15) is 0 Å². The fraction of sp³-hybridized carbons (Fsp3) is 0.143. The zero-order chi connectivity index (χ0) is 6.69. The Labute approximate surface area is 56.4 Å². The van der Waals surface area contributed by atoms with E-state index < -0.39 is 0 Å². The maximum absolute atomic E-state index is 6.99. The highest BCUT2D eigenvalue weighted by Crippen LogP contribution is 2.05. The first kappa shape index (κ1) is 4.45. The fourth-order valence-electron chi connectivity index (χ4n) is 0.496. The molecule has 0 heterocycles. The van der Waals surface area contributed by atoms with E-state index in [2.05, 4.69) is 12.6 Å². The molecule has 0 fully saturated rings. The molecule has 0 saturated carbocycles. The highest BCUT2D eigenvalue weighted by atomic mass is 32.1. The lowest BCUT2D eigenvalue weighted by molar-refractivity contribution is 1.39. The van der Waals surface area contributed by atoms with Crippen LogP contribution < -0.4 is 0 Å². The summed E-state index contributed by atoms with van der Waals surface area (Å²) in [6.07, 6.45) is 0. The van der Waals surface area contributed by atoms with Crippen LogP contribution in [0.3, 0.4) is 0 Å². The molecular weight excluding hydrogens is 116 g/mol.